The highest BCUT2D eigenvalue weighted by molar-refractivity contribution is 5.87. The molecule has 1 unspecified atom stereocenters. The number of likely N-dealkylation sites (tertiary alicyclic amines) is 1. The van der Waals surface area contributed by atoms with E-state index in [9.17, 15) is 9.59 Å². The molecule has 2 N–H and O–H groups in total. The molecule has 0 radical (unpaired) electrons. The molecule has 1 saturated heterocycles. The Morgan fingerprint density at radius 2 is 1.83 bits per heavy atom. The number of fused-ring (bicyclic) bond motifs is 1. The van der Waals surface area contributed by atoms with E-state index < -0.39 is 0 Å². The normalized spacial score (nSPS) is 22.2. The van der Waals surface area contributed by atoms with Crippen molar-refractivity contribution < 1.29 is 9.59 Å². The van der Waals surface area contributed by atoms with Gasteiger partial charge in [-0.15, -0.1) is 0 Å². The van der Waals surface area contributed by atoms with Crippen molar-refractivity contribution in [1.29, 1.82) is 0 Å². The Bertz CT molecular complexity index is 803. The molecule has 3 aliphatic rings. The number of benzene rings is 1. The molecule has 1 aromatic carbocycles. The topological polar surface area (TPSA) is 77.0 Å². The molecule has 30 heavy (non-hydrogen) atoms. The SMILES string of the molecule is CN=C(NCC(=O)N1CCc2ccccc2C1)NC1CCN(C(=O)C2CCCC2)C1. The van der Waals surface area contributed by atoms with E-state index >= 15 is 0 Å². The first kappa shape index (κ1) is 20.7. The molecule has 2 fully saturated rings. The lowest BCUT2D eigenvalue weighted by atomic mass is 10.00. The number of nitrogens with one attached hydrogen (secondary N) is 2. The standard InChI is InChI=1S/C23H33N5O2/c1-24-23(26-20-11-13-28(16-20)22(30)18-7-3-4-8-18)25-14-21(29)27-12-10-17-6-2-5-9-19(17)15-27/h2,5-6,9,18,20H,3-4,7-8,10-16H2,1H3,(H2,24,25,26). The fraction of sp³-hybridized carbons (Fsp3) is 0.609. The monoisotopic (exact) mass is 411 g/mol. The van der Waals surface area contributed by atoms with Gasteiger partial charge in [0.25, 0.3) is 0 Å². The van der Waals surface area contributed by atoms with E-state index in [1.54, 1.807) is 7.05 Å². The highest BCUT2D eigenvalue weighted by Gasteiger charge is 2.32. The second-order valence-electron chi connectivity index (χ2n) is 8.66. The lowest BCUT2D eigenvalue weighted by molar-refractivity contribution is -0.134. The number of amides is 2. The summed E-state index contributed by atoms with van der Waals surface area (Å²) in [6.45, 7) is 3.16. The number of carbonyl (C=O) groups is 2. The van der Waals surface area contributed by atoms with Crippen LogP contribution in [0.15, 0.2) is 29.3 Å². The van der Waals surface area contributed by atoms with Crippen LogP contribution in [0.2, 0.25) is 0 Å². The summed E-state index contributed by atoms with van der Waals surface area (Å²) in [5.74, 6) is 1.26. The van der Waals surface area contributed by atoms with Gasteiger partial charge in [-0.2, -0.15) is 0 Å². The van der Waals surface area contributed by atoms with Gasteiger partial charge in [0.1, 0.15) is 0 Å². The van der Waals surface area contributed by atoms with Crippen LogP contribution in [0.3, 0.4) is 0 Å². The first-order valence-electron chi connectivity index (χ1n) is 11.2. The molecular formula is C23H33N5O2. The molecule has 7 nitrogen and oxygen atoms in total. The zero-order valence-corrected chi connectivity index (χ0v) is 17.9. The van der Waals surface area contributed by atoms with E-state index in [0.717, 1.165) is 38.8 Å². The van der Waals surface area contributed by atoms with Crippen LogP contribution in [0.1, 0.15) is 43.2 Å². The maximum atomic E-state index is 12.7. The predicted molar refractivity (Wildman–Crippen MR) is 117 cm³/mol. The Hall–Kier alpha value is -2.57. The highest BCUT2D eigenvalue weighted by atomic mass is 16.2. The van der Waals surface area contributed by atoms with Crippen LogP contribution >= 0.6 is 0 Å². The largest absolute Gasteiger partial charge is 0.352 e. The number of nitrogens with zero attached hydrogens (tertiary/aromatic N) is 3. The number of hydrogen-bond acceptors (Lipinski definition) is 3. The minimum atomic E-state index is 0.0805. The van der Waals surface area contributed by atoms with Gasteiger partial charge >= 0.3 is 0 Å². The van der Waals surface area contributed by atoms with Gasteiger partial charge in [0.2, 0.25) is 11.8 Å². The molecule has 162 valence electrons. The minimum Gasteiger partial charge on any atom is -0.352 e. The summed E-state index contributed by atoms with van der Waals surface area (Å²) >= 11 is 0. The third-order valence-electron chi connectivity index (χ3n) is 6.66. The number of rotatable bonds is 4. The summed E-state index contributed by atoms with van der Waals surface area (Å²) in [6, 6.07) is 8.50. The van der Waals surface area contributed by atoms with Crippen molar-refractivity contribution in [3.8, 4) is 0 Å². The second-order valence-corrected chi connectivity index (χ2v) is 8.66. The van der Waals surface area contributed by atoms with E-state index in [4.69, 9.17) is 0 Å². The molecule has 0 bridgehead atoms. The molecule has 7 heteroatoms. The van der Waals surface area contributed by atoms with Crippen LogP contribution < -0.4 is 10.6 Å². The first-order chi connectivity index (χ1) is 14.6. The summed E-state index contributed by atoms with van der Waals surface area (Å²) in [7, 11) is 1.72. The summed E-state index contributed by atoms with van der Waals surface area (Å²) in [6.07, 6.45) is 6.26. The average molecular weight is 412 g/mol. The average Bonchev–Trinajstić information content (AvgIpc) is 3.48. The second kappa shape index (κ2) is 9.49. The molecule has 4 rings (SSSR count). The van der Waals surface area contributed by atoms with Crippen molar-refractivity contribution in [1.82, 2.24) is 20.4 Å². The molecular weight excluding hydrogens is 378 g/mol. The summed E-state index contributed by atoms with van der Waals surface area (Å²) < 4.78 is 0. The summed E-state index contributed by atoms with van der Waals surface area (Å²) in [5.41, 5.74) is 2.57. The van der Waals surface area contributed by atoms with Gasteiger partial charge in [-0.05, 0) is 36.8 Å². The maximum Gasteiger partial charge on any atom is 0.242 e. The number of hydrogen-bond donors (Lipinski definition) is 2. The Morgan fingerprint density at radius 3 is 2.60 bits per heavy atom. The Kier molecular flexibility index (Phi) is 6.55. The third kappa shape index (κ3) is 4.77. The molecule has 0 aromatic heterocycles. The van der Waals surface area contributed by atoms with Crippen molar-refractivity contribution in [2.75, 3.05) is 33.2 Å². The van der Waals surface area contributed by atoms with Crippen LogP contribution in [0.5, 0.6) is 0 Å². The summed E-state index contributed by atoms with van der Waals surface area (Å²) in [5, 5.41) is 6.55. The highest BCUT2D eigenvalue weighted by Crippen LogP contribution is 2.27. The molecule has 1 aliphatic carbocycles. The predicted octanol–water partition coefficient (Wildman–Crippen LogP) is 1.53. The van der Waals surface area contributed by atoms with E-state index in [0.29, 0.717) is 25.0 Å². The Labute approximate surface area is 178 Å². The van der Waals surface area contributed by atoms with Crippen molar-refractivity contribution >= 4 is 17.8 Å². The van der Waals surface area contributed by atoms with Crippen LogP contribution in [0, 0.1) is 5.92 Å². The maximum absolute atomic E-state index is 12.7. The molecule has 1 aromatic rings. The quantitative estimate of drug-likeness (QED) is 0.582. The summed E-state index contributed by atoms with van der Waals surface area (Å²) in [4.78, 5) is 33.5. The fourth-order valence-corrected chi connectivity index (χ4v) is 4.88. The van der Waals surface area contributed by atoms with E-state index in [-0.39, 0.29) is 24.4 Å². The van der Waals surface area contributed by atoms with E-state index in [2.05, 4.69) is 33.8 Å². The van der Waals surface area contributed by atoms with Crippen LogP contribution in [-0.4, -0.2) is 66.8 Å². The smallest absolute Gasteiger partial charge is 0.242 e. The van der Waals surface area contributed by atoms with Crippen molar-refractivity contribution in [3.63, 3.8) is 0 Å². The molecule has 2 heterocycles. The van der Waals surface area contributed by atoms with Gasteiger partial charge in [-0.25, -0.2) is 0 Å². The zero-order chi connectivity index (χ0) is 20.9. The minimum absolute atomic E-state index is 0.0805. The Balaban J connectivity index is 1.22. The van der Waals surface area contributed by atoms with E-state index in [1.807, 2.05) is 15.9 Å². The lowest BCUT2D eigenvalue weighted by Crippen LogP contribution is -2.49. The lowest BCUT2D eigenvalue weighted by Gasteiger charge is -2.29. The zero-order valence-electron chi connectivity index (χ0n) is 17.9. The molecule has 2 aliphatic heterocycles. The fourth-order valence-electron chi connectivity index (χ4n) is 4.88. The molecule has 1 saturated carbocycles. The first-order valence-corrected chi connectivity index (χ1v) is 11.2. The number of guanidine groups is 1. The van der Waals surface area contributed by atoms with Gasteiger partial charge in [0.15, 0.2) is 5.96 Å². The van der Waals surface area contributed by atoms with Gasteiger partial charge in [-0.1, -0.05) is 37.1 Å². The van der Waals surface area contributed by atoms with Gasteiger partial charge in [0, 0.05) is 45.2 Å². The van der Waals surface area contributed by atoms with Crippen molar-refractivity contribution in [2.24, 2.45) is 10.9 Å². The van der Waals surface area contributed by atoms with Crippen LogP contribution in [-0.2, 0) is 22.6 Å². The number of carbonyl (C=O) groups excluding carboxylic acids is 2. The van der Waals surface area contributed by atoms with Crippen molar-refractivity contribution in [3.05, 3.63) is 35.4 Å². The van der Waals surface area contributed by atoms with Gasteiger partial charge < -0.3 is 20.4 Å². The van der Waals surface area contributed by atoms with Gasteiger partial charge in [0.05, 0.1) is 6.54 Å². The molecule has 1 atom stereocenters. The third-order valence-corrected chi connectivity index (χ3v) is 6.66. The molecule has 2 amide bonds. The number of aliphatic imine (C=N–C) groups is 1. The van der Waals surface area contributed by atoms with Gasteiger partial charge in [-0.3, -0.25) is 14.6 Å². The van der Waals surface area contributed by atoms with Crippen molar-refractivity contribution in [2.45, 2.75) is 51.1 Å². The molecule has 0 spiro atoms. The Morgan fingerprint density at radius 1 is 1.07 bits per heavy atom. The van der Waals surface area contributed by atoms with E-state index in [1.165, 1.54) is 24.0 Å². The van der Waals surface area contributed by atoms with Crippen LogP contribution in [0.4, 0.5) is 0 Å². The van der Waals surface area contributed by atoms with Crippen LogP contribution in [0.25, 0.3) is 0 Å².